The molecule has 0 saturated heterocycles. The molecule has 0 radical (unpaired) electrons. The van der Waals surface area contributed by atoms with Crippen LogP contribution in [0.1, 0.15) is 201 Å². The first kappa shape index (κ1) is 43.6. The average molecular weight is 637 g/mol. The van der Waals surface area contributed by atoms with Crippen LogP contribution in [0.15, 0.2) is 12.2 Å². The summed E-state index contributed by atoms with van der Waals surface area (Å²) in [6, 6.07) is 0. The minimum Gasteiger partial charge on any atom is -0.382 e. The van der Waals surface area contributed by atoms with Gasteiger partial charge in [0.2, 0.25) is 0 Å². The molecule has 0 amide bonds. The second-order valence-electron chi connectivity index (χ2n) is 13.5. The third kappa shape index (κ3) is 21.9. The molecule has 3 N–H and O–H groups in total. The Kier molecular flexibility index (Phi) is 29.1. The third-order valence-corrected chi connectivity index (χ3v) is 9.16. The van der Waals surface area contributed by atoms with E-state index in [0.717, 1.165) is 64.7 Å². The van der Waals surface area contributed by atoms with Crippen LogP contribution in [-0.4, -0.2) is 50.5 Å². The van der Waals surface area contributed by atoms with Crippen LogP contribution in [0.5, 0.6) is 0 Å². The van der Waals surface area contributed by atoms with Gasteiger partial charge in [-0.1, -0.05) is 154 Å². The van der Waals surface area contributed by atoms with Crippen molar-refractivity contribution in [3.63, 3.8) is 0 Å². The highest BCUT2D eigenvalue weighted by Crippen LogP contribution is 2.25. The molecule has 3 atom stereocenters. The van der Waals surface area contributed by atoms with Gasteiger partial charge >= 0.3 is 0 Å². The summed E-state index contributed by atoms with van der Waals surface area (Å²) in [5, 5.41) is 32.2. The SMILES string of the molecule is CCCCCCCC/C=C\CCCCCCCC(=O)C(O)C(O)(C(=O)CCCCCCCCCCCCCCC)C(O)C(C)=O. The highest BCUT2D eigenvalue weighted by atomic mass is 16.4. The smallest absolute Gasteiger partial charge is 0.189 e. The molecule has 45 heavy (non-hydrogen) atoms. The van der Waals surface area contributed by atoms with Crippen LogP contribution >= 0.6 is 0 Å². The lowest BCUT2D eigenvalue weighted by atomic mass is 9.79. The van der Waals surface area contributed by atoms with Gasteiger partial charge in [-0.05, 0) is 45.4 Å². The van der Waals surface area contributed by atoms with Gasteiger partial charge in [0.1, 0.15) is 0 Å². The molecule has 0 heterocycles. The first-order valence-electron chi connectivity index (χ1n) is 19.0. The van der Waals surface area contributed by atoms with Crippen LogP contribution in [0.3, 0.4) is 0 Å². The molecule has 0 aromatic rings. The molecule has 6 heteroatoms. The predicted molar refractivity (Wildman–Crippen MR) is 187 cm³/mol. The largest absolute Gasteiger partial charge is 0.382 e. The molecular formula is C39H72O6. The highest BCUT2D eigenvalue weighted by molar-refractivity contribution is 6.01. The van der Waals surface area contributed by atoms with E-state index in [4.69, 9.17) is 0 Å². The molecule has 0 saturated carbocycles. The van der Waals surface area contributed by atoms with E-state index in [2.05, 4.69) is 26.0 Å². The zero-order valence-corrected chi connectivity index (χ0v) is 29.7. The molecule has 0 aromatic carbocycles. The summed E-state index contributed by atoms with van der Waals surface area (Å²) >= 11 is 0. The minimum absolute atomic E-state index is 0.00171. The number of hydrogen-bond donors (Lipinski definition) is 3. The van der Waals surface area contributed by atoms with Crippen molar-refractivity contribution in [2.75, 3.05) is 0 Å². The Hall–Kier alpha value is -1.37. The molecule has 0 rings (SSSR count). The maximum absolute atomic E-state index is 13.0. The normalized spacial score (nSPS) is 14.4. The molecule has 264 valence electrons. The number of unbranched alkanes of at least 4 members (excludes halogenated alkanes) is 23. The van der Waals surface area contributed by atoms with Crippen molar-refractivity contribution in [1.82, 2.24) is 0 Å². The quantitative estimate of drug-likeness (QED) is 0.0479. The van der Waals surface area contributed by atoms with Crippen molar-refractivity contribution in [2.45, 2.75) is 218 Å². The summed E-state index contributed by atoms with van der Waals surface area (Å²) < 4.78 is 0. The fourth-order valence-corrected chi connectivity index (χ4v) is 6.02. The number of carbonyl (C=O) groups is 3. The molecule has 0 fully saturated rings. The van der Waals surface area contributed by atoms with Crippen LogP contribution in [0.2, 0.25) is 0 Å². The second kappa shape index (κ2) is 30.0. The van der Waals surface area contributed by atoms with Crippen molar-refractivity contribution >= 4 is 17.3 Å². The number of rotatable bonds is 34. The number of carbonyl (C=O) groups excluding carboxylic acids is 3. The summed E-state index contributed by atoms with van der Waals surface area (Å²) in [5.41, 5.74) is -2.79. The topological polar surface area (TPSA) is 112 Å². The number of ketones is 3. The molecule has 0 aromatic heterocycles. The van der Waals surface area contributed by atoms with Gasteiger partial charge in [-0.15, -0.1) is 0 Å². The fraction of sp³-hybridized carbons (Fsp3) is 0.872. The third-order valence-electron chi connectivity index (χ3n) is 9.16. The molecule has 0 aliphatic carbocycles. The lowest BCUT2D eigenvalue weighted by molar-refractivity contribution is -0.181. The van der Waals surface area contributed by atoms with Gasteiger partial charge in [-0.25, -0.2) is 0 Å². The maximum Gasteiger partial charge on any atom is 0.189 e. The van der Waals surface area contributed by atoms with Gasteiger partial charge in [0, 0.05) is 12.8 Å². The number of aliphatic hydroxyl groups is 3. The standard InChI is InChI=1S/C39H72O6/c1-4-6-8-10-12-14-16-18-19-21-22-24-26-28-30-32-35(41)38(44)39(45,37(43)34(3)40)36(42)33-31-29-27-25-23-20-17-15-13-11-9-7-5-2/h18-19,37-38,43-45H,4-17,20-33H2,1-3H3/b19-18-. The molecule has 6 nitrogen and oxygen atoms in total. The van der Waals surface area contributed by atoms with Crippen LogP contribution in [0.4, 0.5) is 0 Å². The predicted octanol–water partition coefficient (Wildman–Crippen LogP) is 9.69. The van der Waals surface area contributed by atoms with Crippen molar-refractivity contribution in [2.24, 2.45) is 0 Å². The summed E-state index contributed by atoms with van der Waals surface area (Å²) in [5.74, 6) is -2.38. The zero-order valence-electron chi connectivity index (χ0n) is 29.7. The number of Topliss-reactive ketones (excluding diaryl/α,β-unsaturated/α-hetero) is 3. The van der Waals surface area contributed by atoms with Crippen molar-refractivity contribution < 1.29 is 29.7 Å². The van der Waals surface area contributed by atoms with E-state index in [1.165, 1.54) is 96.3 Å². The van der Waals surface area contributed by atoms with Gasteiger partial charge in [-0.3, -0.25) is 14.4 Å². The Morgan fingerprint density at radius 2 is 0.844 bits per heavy atom. The molecule has 0 aliphatic rings. The van der Waals surface area contributed by atoms with Gasteiger partial charge in [0.25, 0.3) is 0 Å². The van der Waals surface area contributed by atoms with E-state index in [9.17, 15) is 29.7 Å². The number of allylic oxidation sites excluding steroid dienone is 2. The summed E-state index contributed by atoms with van der Waals surface area (Å²) in [6.07, 6.45) is 29.7. The monoisotopic (exact) mass is 637 g/mol. The number of hydrogen-bond acceptors (Lipinski definition) is 6. The van der Waals surface area contributed by atoms with Crippen molar-refractivity contribution in [3.8, 4) is 0 Å². The Balaban J connectivity index is 4.26. The fourth-order valence-electron chi connectivity index (χ4n) is 6.02. The second-order valence-corrected chi connectivity index (χ2v) is 13.5. The van der Waals surface area contributed by atoms with Crippen LogP contribution in [0, 0.1) is 0 Å². The lowest BCUT2D eigenvalue weighted by Gasteiger charge is -2.33. The Morgan fingerprint density at radius 1 is 0.511 bits per heavy atom. The van der Waals surface area contributed by atoms with Crippen molar-refractivity contribution in [3.05, 3.63) is 12.2 Å². The van der Waals surface area contributed by atoms with Crippen LogP contribution in [-0.2, 0) is 14.4 Å². The highest BCUT2D eigenvalue weighted by Gasteiger charge is 2.53. The van der Waals surface area contributed by atoms with E-state index in [1.807, 2.05) is 0 Å². The summed E-state index contributed by atoms with van der Waals surface area (Å²) in [4.78, 5) is 37.7. The summed E-state index contributed by atoms with van der Waals surface area (Å²) in [7, 11) is 0. The van der Waals surface area contributed by atoms with E-state index >= 15 is 0 Å². The minimum atomic E-state index is -2.79. The van der Waals surface area contributed by atoms with E-state index < -0.39 is 35.2 Å². The van der Waals surface area contributed by atoms with E-state index in [0.29, 0.717) is 12.8 Å². The maximum atomic E-state index is 13.0. The molecule has 3 unspecified atom stereocenters. The van der Waals surface area contributed by atoms with Crippen molar-refractivity contribution in [1.29, 1.82) is 0 Å². The van der Waals surface area contributed by atoms with Gasteiger partial charge in [0.15, 0.2) is 35.2 Å². The van der Waals surface area contributed by atoms with Crippen LogP contribution < -0.4 is 0 Å². The molecular weight excluding hydrogens is 564 g/mol. The lowest BCUT2D eigenvalue weighted by Crippen LogP contribution is -2.62. The first-order chi connectivity index (χ1) is 21.7. The van der Waals surface area contributed by atoms with Gasteiger partial charge in [-0.2, -0.15) is 0 Å². The van der Waals surface area contributed by atoms with Gasteiger partial charge < -0.3 is 15.3 Å². The van der Waals surface area contributed by atoms with E-state index in [1.54, 1.807) is 0 Å². The Morgan fingerprint density at radius 3 is 1.22 bits per heavy atom. The summed E-state index contributed by atoms with van der Waals surface area (Å²) in [6.45, 7) is 5.52. The average Bonchev–Trinajstić information content (AvgIpc) is 3.03. The first-order valence-corrected chi connectivity index (χ1v) is 19.0. The van der Waals surface area contributed by atoms with E-state index in [-0.39, 0.29) is 12.8 Å². The Bertz CT molecular complexity index is 763. The van der Waals surface area contributed by atoms with Gasteiger partial charge in [0.05, 0.1) is 0 Å². The Labute approximate surface area is 277 Å². The zero-order chi connectivity index (χ0) is 33.6. The molecule has 0 bridgehead atoms. The van der Waals surface area contributed by atoms with Crippen LogP contribution in [0.25, 0.3) is 0 Å². The molecule has 0 aliphatic heterocycles. The molecule has 0 spiro atoms. The number of aliphatic hydroxyl groups excluding tert-OH is 2.